The Balaban J connectivity index is 1.68. The average Bonchev–Trinajstić information content (AvgIpc) is 3.09. The highest BCUT2D eigenvalue weighted by molar-refractivity contribution is 6.05. The molecule has 4 heteroatoms. The smallest absolute Gasteiger partial charge is 0.255 e. The minimum absolute atomic E-state index is 0.0852. The van der Waals surface area contributed by atoms with Crippen LogP contribution >= 0.6 is 0 Å². The summed E-state index contributed by atoms with van der Waals surface area (Å²) in [5.41, 5.74) is 3.78. The van der Waals surface area contributed by atoms with Crippen LogP contribution in [0.5, 0.6) is 0 Å². The zero-order valence-electron chi connectivity index (χ0n) is 14.4. The molecule has 1 heterocycles. The summed E-state index contributed by atoms with van der Waals surface area (Å²) in [7, 11) is 0. The number of carbonyl (C=O) groups is 1. The van der Waals surface area contributed by atoms with E-state index in [0.717, 1.165) is 30.2 Å². The van der Waals surface area contributed by atoms with Gasteiger partial charge in [-0.05, 0) is 47.4 Å². The fourth-order valence-corrected chi connectivity index (χ4v) is 2.63. The lowest BCUT2D eigenvalue weighted by molar-refractivity contribution is 0.102. The van der Waals surface area contributed by atoms with Crippen molar-refractivity contribution in [3.05, 3.63) is 65.2 Å². The highest BCUT2D eigenvalue weighted by Gasteiger charge is 2.14. The Morgan fingerprint density at radius 3 is 2.25 bits per heavy atom. The summed E-state index contributed by atoms with van der Waals surface area (Å²) in [6.45, 7) is 8.18. The van der Waals surface area contributed by atoms with Gasteiger partial charge in [-0.2, -0.15) is 0 Å². The highest BCUT2D eigenvalue weighted by Crippen LogP contribution is 2.22. The molecule has 0 spiro atoms. The largest absolute Gasteiger partial charge is 0.368 e. The van der Waals surface area contributed by atoms with Crippen LogP contribution in [0.3, 0.4) is 0 Å². The van der Waals surface area contributed by atoms with Gasteiger partial charge >= 0.3 is 0 Å². The molecule has 0 fully saturated rings. The summed E-state index contributed by atoms with van der Waals surface area (Å²) in [6, 6.07) is 15.5. The lowest BCUT2D eigenvalue weighted by Gasteiger charge is -2.19. The summed E-state index contributed by atoms with van der Waals surface area (Å²) < 4.78 is 0. The van der Waals surface area contributed by atoms with Crippen LogP contribution in [0.1, 0.15) is 42.3 Å². The number of hydrogen-bond donors (Lipinski definition) is 2. The molecule has 0 aromatic heterocycles. The number of hydrogen-bond acceptors (Lipinski definition) is 3. The maximum atomic E-state index is 12.4. The van der Waals surface area contributed by atoms with Gasteiger partial charge in [-0.3, -0.25) is 9.79 Å². The molecular weight excluding hydrogens is 298 g/mol. The first-order chi connectivity index (χ1) is 11.4. The number of carbonyl (C=O) groups excluding carboxylic acids is 1. The third kappa shape index (κ3) is 3.65. The van der Waals surface area contributed by atoms with Crippen molar-refractivity contribution in [1.29, 1.82) is 0 Å². The molecule has 0 atom stereocenters. The molecule has 2 aromatic rings. The summed E-state index contributed by atoms with van der Waals surface area (Å²) in [5.74, 6) is 0.824. The van der Waals surface area contributed by atoms with Crippen molar-refractivity contribution in [2.24, 2.45) is 4.99 Å². The fourth-order valence-electron chi connectivity index (χ4n) is 2.63. The Bertz CT molecular complexity index is 753. The van der Waals surface area contributed by atoms with Crippen LogP contribution in [0.2, 0.25) is 0 Å². The molecule has 124 valence electrons. The molecule has 1 amide bonds. The zero-order valence-corrected chi connectivity index (χ0v) is 14.4. The van der Waals surface area contributed by atoms with Crippen molar-refractivity contribution in [2.75, 3.05) is 18.4 Å². The number of benzene rings is 2. The topological polar surface area (TPSA) is 53.5 Å². The fraction of sp³-hybridized carbons (Fsp3) is 0.300. The predicted molar refractivity (Wildman–Crippen MR) is 98.9 cm³/mol. The molecule has 24 heavy (non-hydrogen) atoms. The molecule has 0 radical (unpaired) electrons. The van der Waals surface area contributed by atoms with E-state index < -0.39 is 0 Å². The van der Waals surface area contributed by atoms with E-state index in [2.05, 4.69) is 36.4 Å². The molecule has 1 aliphatic rings. The van der Waals surface area contributed by atoms with Gasteiger partial charge in [-0.25, -0.2) is 0 Å². The SMILES string of the molecule is CC(C)(C)c1ccc(C(=O)Nc2ccc(C3=NCCN3)cc2)cc1. The number of amidine groups is 1. The third-order valence-corrected chi connectivity index (χ3v) is 4.10. The normalized spacial score (nSPS) is 14.0. The second kappa shape index (κ2) is 6.48. The van der Waals surface area contributed by atoms with Gasteiger partial charge in [0, 0.05) is 23.4 Å². The van der Waals surface area contributed by atoms with Crippen LogP contribution in [0.15, 0.2) is 53.5 Å². The van der Waals surface area contributed by atoms with Gasteiger partial charge in [-0.15, -0.1) is 0 Å². The van der Waals surface area contributed by atoms with E-state index in [4.69, 9.17) is 0 Å². The summed E-state index contributed by atoms with van der Waals surface area (Å²) in [6.07, 6.45) is 0. The van der Waals surface area contributed by atoms with Gasteiger partial charge in [0.1, 0.15) is 5.84 Å². The Morgan fingerprint density at radius 1 is 1.04 bits per heavy atom. The zero-order chi connectivity index (χ0) is 17.2. The van der Waals surface area contributed by atoms with Gasteiger partial charge < -0.3 is 10.6 Å². The third-order valence-electron chi connectivity index (χ3n) is 4.10. The first-order valence-corrected chi connectivity index (χ1v) is 8.24. The van der Waals surface area contributed by atoms with Crippen LogP contribution < -0.4 is 10.6 Å². The summed E-state index contributed by atoms with van der Waals surface area (Å²) >= 11 is 0. The lowest BCUT2D eigenvalue weighted by atomic mass is 9.87. The molecule has 0 saturated carbocycles. The number of amides is 1. The molecule has 0 saturated heterocycles. The van der Waals surface area contributed by atoms with E-state index in [1.807, 2.05) is 48.5 Å². The first-order valence-electron chi connectivity index (χ1n) is 8.24. The number of anilines is 1. The van der Waals surface area contributed by atoms with E-state index in [0.29, 0.717) is 5.56 Å². The van der Waals surface area contributed by atoms with Gasteiger partial charge in [0.05, 0.1) is 6.54 Å². The number of nitrogens with zero attached hydrogens (tertiary/aromatic N) is 1. The molecular formula is C20H23N3O. The van der Waals surface area contributed by atoms with E-state index in [1.165, 1.54) is 5.56 Å². The highest BCUT2D eigenvalue weighted by atomic mass is 16.1. The van der Waals surface area contributed by atoms with E-state index in [9.17, 15) is 4.79 Å². The number of rotatable bonds is 3. The van der Waals surface area contributed by atoms with Gasteiger partial charge in [0.2, 0.25) is 0 Å². The van der Waals surface area contributed by atoms with Gasteiger partial charge in [-0.1, -0.05) is 32.9 Å². The van der Waals surface area contributed by atoms with Crippen molar-refractivity contribution >= 4 is 17.4 Å². The number of aliphatic imine (C=N–C) groups is 1. The average molecular weight is 321 g/mol. The van der Waals surface area contributed by atoms with Crippen molar-refractivity contribution < 1.29 is 4.79 Å². The summed E-state index contributed by atoms with van der Waals surface area (Å²) in [4.78, 5) is 16.8. The van der Waals surface area contributed by atoms with E-state index >= 15 is 0 Å². The molecule has 2 aromatic carbocycles. The van der Waals surface area contributed by atoms with Crippen LogP contribution in [-0.4, -0.2) is 24.8 Å². The van der Waals surface area contributed by atoms with Gasteiger partial charge in [0.15, 0.2) is 0 Å². The number of nitrogens with one attached hydrogen (secondary N) is 2. The minimum Gasteiger partial charge on any atom is -0.368 e. The van der Waals surface area contributed by atoms with Gasteiger partial charge in [0.25, 0.3) is 5.91 Å². The van der Waals surface area contributed by atoms with Crippen molar-refractivity contribution in [2.45, 2.75) is 26.2 Å². The predicted octanol–water partition coefficient (Wildman–Crippen LogP) is 3.59. The molecule has 0 aliphatic carbocycles. The Labute approximate surface area is 143 Å². The Morgan fingerprint density at radius 2 is 1.71 bits per heavy atom. The van der Waals surface area contributed by atoms with Crippen LogP contribution in [0.4, 0.5) is 5.69 Å². The van der Waals surface area contributed by atoms with Crippen LogP contribution in [0.25, 0.3) is 0 Å². The van der Waals surface area contributed by atoms with Crippen LogP contribution in [-0.2, 0) is 5.41 Å². The lowest BCUT2D eigenvalue weighted by Crippen LogP contribution is -2.19. The first kappa shape index (κ1) is 16.2. The molecule has 1 aliphatic heterocycles. The molecule has 4 nitrogen and oxygen atoms in total. The maximum Gasteiger partial charge on any atom is 0.255 e. The molecule has 0 unspecified atom stereocenters. The minimum atomic E-state index is -0.0976. The summed E-state index contributed by atoms with van der Waals surface area (Å²) in [5, 5.41) is 6.17. The van der Waals surface area contributed by atoms with Crippen molar-refractivity contribution in [1.82, 2.24) is 5.32 Å². The second-order valence-corrected chi connectivity index (χ2v) is 7.02. The Kier molecular flexibility index (Phi) is 4.38. The quantitative estimate of drug-likeness (QED) is 0.908. The monoisotopic (exact) mass is 321 g/mol. The van der Waals surface area contributed by atoms with Crippen LogP contribution in [0, 0.1) is 0 Å². The standard InChI is InChI=1S/C20H23N3O/c1-20(2,3)16-8-4-15(5-9-16)19(24)23-17-10-6-14(7-11-17)18-21-12-13-22-18/h4-11H,12-13H2,1-3H3,(H,21,22)(H,23,24). The second-order valence-electron chi connectivity index (χ2n) is 7.02. The van der Waals surface area contributed by atoms with Crippen molar-refractivity contribution in [3.63, 3.8) is 0 Å². The molecule has 3 rings (SSSR count). The maximum absolute atomic E-state index is 12.4. The Hall–Kier alpha value is -2.62. The molecule has 2 N–H and O–H groups in total. The van der Waals surface area contributed by atoms with Crippen molar-refractivity contribution in [3.8, 4) is 0 Å². The molecule has 0 bridgehead atoms. The van der Waals surface area contributed by atoms with E-state index in [-0.39, 0.29) is 11.3 Å². The van der Waals surface area contributed by atoms with E-state index in [1.54, 1.807) is 0 Å².